The van der Waals surface area contributed by atoms with Crippen molar-refractivity contribution in [3.8, 4) is 0 Å². The van der Waals surface area contributed by atoms with Crippen LogP contribution in [-0.4, -0.2) is 36.9 Å². The van der Waals surface area contributed by atoms with Gasteiger partial charge in [0.15, 0.2) is 0 Å². The average Bonchev–Trinajstić information content (AvgIpc) is 3.18. The summed E-state index contributed by atoms with van der Waals surface area (Å²) in [6, 6.07) is 2.08. The fourth-order valence-electron chi connectivity index (χ4n) is 3.59. The molecule has 2 aromatic rings. The van der Waals surface area contributed by atoms with Crippen LogP contribution in [0.2, 0.25) is 5.02 Å². The highest BCUT2D eigenvalue weighted by atomic mass is 35.5. The SMILES string of the molecule is CC(C)C(N)C(CNc1cc(F)c(S(=O)(=O)Nc2ncns2)cc1Cl)CC(C)(C)CCN. The standard InChI is InChI=1S/C20H32ClFN6O2S2/c1-12(2)18(24)13(9-20(3,4)5-6-23)10-25-16-8-15(22)17(7-14(16)21)32(29,30)28-19-26-11-27-31-19/h7-8,11-13,18,25H,5-6,9-10,23-24H2,1-4H3,(H,26,27,28). The Balaban J connectivity index is 2.21. The zero-order valence-corrected chi connectivity index (χ0v) is 21.1. The Labute approximate surface area is 198 Å². The van der Waals surface area contributed by atoms with Gasteiger partial charge in [0, 0.05) is 24.1 Å². The van der Waals surface area contributed by atoms with E-state index in [-0.39, 0.29) is 33.4 Å². The highest BCUT2D eigenvalue weighted by Crippen LogP contribution is 2.33. The maximum absolute atomic E-state index is 14.7. The number of nitrogens with zero attached hydrogens (tertiary/aromatic N) is 2. The van der Waals surface area contributed by atoms with E-state index in [4.69, 9.17) is 23.1 Å². The number of hydrogen-bond acceptors (Lipinski definition) is 8. The predicted octanol–water partition coefficient (Wildman–Crippen LogP) is 3.91. The molecule has 0 aliphatic rings. The summed E-state index contributed by atoms with van der Waals surface area (Å²) in [4.78, 5) is 3.18. The first-order chi connectivity index (χ1) is 14.9. The first-order valence-electron chi connectivity index (χ1n) is 10.3. The highest BCUT2D eigenvalue weighted by molar-refractivity contribution is 7.93. The molecule has 0 fully saturated rings. The zero-order chi connectivity index (χ0) is 24.1. The van der Waals surface area contributed by atoms with E-state index >= 15 is 0 Å². The van der Waals surface area contributed by atoms with Gasteiger partial charge in [-0.15, -0.1) is 0 Å². The Morgan fingerprint density at radius 3 is 2.56 bits per heavy atom. The molecule has 0 radical (unpaired) electrons. The van der Waals surface area contributed by atoms with Crippen LogP contribution in [-0.2, 0) is 10.0 Å². The van der Waals surface area contributed by atoms with E-state index in [1.807, 2.05) is 0 Å². The molecule has 1 aromatic carbocycles. The average molecular weight is 507 g/mol. The van der Waals surface area contributed by atoms with Gasteiger partial charge in [0.05, 0.1) is 10.7 Å². The summed E-state index contributed by atoms with van der Waals surface area (Å²) >= 11 is 7.15. The maximum Gasteiger partial charge on any atom is 0.266 e. The fourth-order valence-corrected chi connectivity index (χ4v) is 5.63. The third-order valence-corrected chi connectivity index (χ3v) is 7.77. The van der Waals surface area contributed by atoms with Crippen LogP contribution in [0.3, 0.4) is 0 Å². The number of halogens is 2. The van der Waals surface area contributed by atoms with Crippen LogP contribution in [0.5, 0.6) is 0 Å². The van der Waals surface area contributed by atoms with Gasteiger partial charge in [-0.2, -0.15) is 4.37 Å². The van der Waals surface area contributed by atoms with Crippen LogP contribution in [0.4, 0.5) is 15.2 Å². The Morgan fingerprint density at radius 2 is 2.00 bits per heavy atom. The number of nitrogens with one attached hydrogen (secondary N) is 2. The quantitative estimate of drug-likeness (QED) is 0.342. The second kappa shape index (κ2) is 11.1. The molecule has 8 nitrogen and oxygen atoms in total. The molecule has 0 aliphatic carbocycles. The molecular weight excluding hydrogens is 475 g/mol. The molecule has 6 N–H and O–H groups in total. The van der Waals surface area contributed by atoms with Crippen molar-refractivity contribution in [1.82, 2.24) is 9.36 Å². The molecule has 1 aromatic heterocycles. The van der Waals surface area contributed by atoms with Crippen molar-refractivity contribution in [3.63, 3.8) is 0 Å². The van der Waals surface area contributed by atoms with Crippen LogP contribution >= 0.6 is 23.1 Å². The number of hydrogen-bond donors (Lipinski definition) is 4. The first-order valence-corrected chi connectivity index (χ1v) is 13.0. The summed E-state index contributed by atoms with van der Waals surface area (Å²) in [5.41, 5.74) is 12.5. The lowest BCUT2D eigenvalue weighted by Gasteiger charge is -2.34. The number of anilines is 2. The van der Waals surface area contributed by atoms with Crippen LogP contribution in [0.25, 0.3) is 0 Å². The van der Waals surface area contributed by atoms with Crippen molar-refractivity contribution in [3.05, 3.63) is 29.3 Å². The molecule has 0 aliphatic heterocycles. The predicted molar refractivity (Wildman–Crippen MR) is 129 cm³/mol. The monoisotopic (exact) mass is 506 g/mol. The lowest BCUT2D eigenvalue weighted by molar-refractivity contribution is 0.215. The first kappa shape index (κ1) is 26.7. The summed E-state index contributed by atoms with van der Waals surface area (Å²) in [6.07, 6.45) is 2.89. The van der Waals surface area contributed by atoms with Gasteiger partial charge < -0.3 is 16.8 Å². The molecule has 32 heavy (non-hydrogen) atoms. The van der Waals surface area contributed by atoms with Crippen LogP contribution in [0, 0.1) is 23.1 Å². The van der Waals surface area contributed by atoms with Crippen molar-refractivity contribution in [1.29, 1.82) is 0 Å². The van der Waals surface area contributed by atoms with Gasteiger partial charge in [-0.3, -0.25) is 4.72 Å². The molecular formula is C20H32ClFN6O2S2. The van der Waals surface area contributed by atoms with Gasteiger partial charge in [0.1, 0.15) is 17.0 Å². The largest absolute Gasteiger partial charge is 0.383 e. The number of rotatable bonds is 12. The Hall–Kier alpha value is -1.53. The molecule has 2 unspecified atom stereocenters. The minimum Gasteiger partial charge on any atom is -0.383 e. The van der Waals surface area contributed by atoms with E-state index in [2.05, 4.69) is 47.1 Å². The molecule has 12 heteroatoms. The summed E-state index contributed by atoms with van der Waals surface area (Å²) < 4.78 is 45.7. The Bertz CT molecular complexity index is 986. The molecule has 180 valence electrons. The third-order valence-electron chi connectivity index (χ3n) is 5.40. The Morgan fingerprint density at radius 1 is 1.31 bits per heavy atom. The van der Waals surface area contributed by atoms with Gasteiger partial charge in [0.2, 0.25) is 5.13 Å². The van der Waals surface area contributed by atoms with Gasteiger partial charge >= 0.3 is 0 Å². The summed E-state index contributed by atoms with van der Waals surface area (Å²) in [7, 11) is -4.20. The number of sulfonamides is 1. The second-order valence-electron chi connectivity index (χ2n) is 8.98. The second-order valence-corrected chi connectivity index (χ2v) is 11.8. The topological polar surface area (TPSA) is 136 Å². The summed E-state index contributed by atoms with van der Waals surface area (Å²) in [5.74, 6) is -0.595. The lowest BCUT2D eigenvalue weighted by Crippen LogP contribution is -2.41. The maximum atomic E-state index is 14.7. The molecule has 2 rings (SSSR count). The van der Waals surface area contributed by atoms with Crippen molar-refractivity contribution in [2.24, 2.45) is 28.7 Å². The number of aromatic nitrogens is 2. The molecule has 1 heterocycles. The van der Waals surface area contributed by atoms with Gasteiger partial charge in [-0.1, -0.05) is 39.3 Å². The minimum atomic E-state index is -4.20. The van der Waals surface area contributed by atoms with E-state index in [1.165, 1.54) is 6.33 Å². The summed E-state index contributed by atoms with van der Waals surface area (Å²) in [5, 5.41) is 3.28. The number of benzene rings is 1. The van der Waals surface area contributed by atoms with Crippen molar-refractivity contribution >= 4 is 44.0 Å². The minimum absolute atomic E-state index is 0.00303. The van der Waals surface area contributed by atoms with E-state index in [9.17, 15) is 12.8 Å². The normalized spacial score (nSPS) is 14.4. The highest BCUT2D eigenvalue weighted by Gasteiger charge is 2.29. The molecule has 0 spiro atoms. The molecule has 2 atom stereocenters. The lowest BCUT2D eigenvalue weighted by atomic mass is 9.75. The molecule has 0 bridgehead atoms. The summed E-state index contributed by atoms with van der Waals surface area (Å²) in [6.45, 7) is 9.47. The van der Waals surface area contributed by atoms with Crippen LogP contribution in [0.1, 0.15) is 40.5 Å². The van der Waals surface area contributed by atoms with Crippen LogP contribution in [0.15, 0.2) is 23.4 Å². The van der Waals surface area contributed by atoms with E-state index in [0.29, 0.717) is 18.8 Å². The van der Waals surface area contributed by atoms with E-state index in [0.717, 1.165) is 36.5 Å². The van der Waals surface area contributed by atoms with Crippen molar-refractivity contribution < 1.29 is 12.8 Å². The van der Waals surface area contributed by atoms with E-state index in [1.54, 1.807) is 0 Å². The van der Waals surface area contributed by atoms with Gasteiger partial charge in [-0.25, -0.2) is 17.8 Å². The smallest absolute Gasteiger partial charge is 0.266 e. The molecule has 0 amide bonds. The third kappa shape index (κ3) is 7.24. The van der Waals surface area contributed by atoms with Crippen molar-refractivity contribution in [2.45, 2.75) is 51.5 Å². The van der Waals surface area contributed by atoms with Crippen molar-refractivity contribution in [2.75, 3.05) is 23.1 Å². The van der Waals surface area contributed by atoms with Crippen LogP contribution < -0.4 is 21.5 Å². The number of nitrogens with two attached hydrogens (primary N) is 2. The molecule has 0 saturated heterocycles. The van der Waals surface area contributed by atoms with Gasteiger partial charge in [-0.05, 0) is 48.8 Å². The Kier molecular flexibility index (Phi) is 9.24. The van der Waals surface area contributed by atoms with Gasteiger partial charge in [0.25, 0.3) is 10.0 Å². The fraction of sp³-hybridized carbons (Fsp3) is 0.600. The zero-order valence-electron chi connectivity index (χ0n) is 18.7. The molecule has 0 saturated carbocycles. The van der Waals surface area contributed by atoms with E-state index < -0.39 is 20.7 Å².